The van der Waals surface area contributed by atoms with Gasteiger partial charge < -0.3 is 28.8 Å². The maximum atomic E-state index is 10.8. The van der Waals surface area contributed by atoms with E-state index in [1.807, 2.05) is 25.1 Å². The van der Waals surface area contributed by atoms with Crippen molar-refractivity contribution in [3.8, 4) is 23.0 Å². The van der Waals surface area contributed by atoms with Gasteiger partial charge in [-0.15, -0.1) is 0 Å². The number of aliphatic hydroxyl groups is 1. The topological polar surface area (TPSA) is 66.4 Å². The predicted molar refractivity (Wildman–Crippen MR) is 98.5 cm³/mol. The monoisotopic (exact) mass is 362 g/mol. The number of ether oxygens (including phenoxy) is 5. The molecule has 0 aromatic heterocycles. The molecule has 0 aliphatic heterocycles. The summed E-state index contributed by atoms with van der Waals surface area (Å²) in [4.78, 5) is 0. The van der Waals surface area contributed by atoms with Crippen molar-refractivity contribution in [2.75, 3.05) is 35.0 Å². The molecule has 0 fully saturated rings. The average molecular weight is 362 g/mol. The molecule has 0 saturated heterocycles. The number of aliphatic hydroxyl groups excluding tert-OH is 1. The van der Waals surface area contributed by atoms with Crippen molar-refractivity contribution in [3.63, 3.8) is 0 Å². The number of rotatable bonds is 9. The fraction of sp³-hybridized carbons (Fsp3) is 0.400. The molecule has 6 nitrogen and oxygen atoms in total. The van der Waals surface area contributed by atoms with Gasteiger partial charge in [0, 0.05) is 7.11 Å². The molecule has 0 bridgehead atoms. The molecule has 2 atom stereocenters. The minimum Gasteiger partial charge on any atom is -0.493 e. The lowest BCUT2D eigenvalue weighted by molar-refractivity contribution is -0.0133. The van der Waals surface area contributed by atoms with Gasteiger partial charge >= 0.3 is 0 Å². The predicted octanol–water partition coefficient (Wildman–Crippen LogP) is 3.15. The first-order chi connectivity index (χ1) is 12.5. The summed E-state index contributed by atoms with van der Waals surface area (Å²) < 4.78 is 27.2. The molecular formula is C20H26O6. The molecule has 2 aromatic rings. The molecule has 0 heterocycles. The highest BCUT2D eigenvalue weighted by molar-refractivity contribution is 5.45. The number of methoxy groups -OCH3 is 4. The Kier molecular flexibility index (Phi) is 7.12. The average Bonchev–Trinajstić information content (AvgIpc) is 2.67. The van der Waals surface area contributed by atoms with Gasteiger partial charge in [-0.25, -0.2) is 0 Å². The molecule has 0 spiro atoms. The van der Waals surface area contributed by atoms with Crippen molar-refractivity contribution in [2.24, 2.45) is 0 Å². The van der Waals surface area contributed by atoms with Gasteiger partial charge in [0.25, 0.3) is 0 Å². The highest BCUT2D eigenvalue weighted by Gasteiger charge is 2.25. The second-order valence-corrected chi connectivity index (χ2v) is 5.83. The first-order valence-electron chi connectivity index (χ1n) is 8.24. The highest BCUT2D eigenvalue weighted by atomic mass is 16.6. The van der Waals surface area contributed by atoms with Gasteiger partial charge in [0.1, 0.15) is 6.10 Å². The molecule has 0 radical (unpaired) electrons. The molecule has 1 N–H and O–H groups in total. The maximum absolute atomic E-state index is 10.8. The summed E-state index contributed by atoms with van der Waals surface area (Å²) in [5.74, 6) is 2.27. The van der Waals surface area contributed by atoms with Crippen molar-refractivity contribution in [1.82, 2.24) is 0 Å². The van der Waals surface area contributed by atoms with Crippen LogP contribution in [0.15, 0.2) is 36.4 Å². The summed E-state index contributed by atoms with van der Waals surface area (Å²) in [7, 11) is 6.25. The van der Waals surface area contributed by atoms with Crippen molar-refractivity contribution < 1.29 is 28.8 Å². The van der Waals surface area contributed by atoms with E-state index in [2.05, 4.69) is 0 Å². The third kappa shape index (κ3) is 4.59. The zero-order chi connectivity index (χ0) is 19.1. The first-order valence-corrected chi connectivity index (χ1v) is 8.24. The van der Waals surface area contributed by atoms with Crippen LogP contribution in [0.1, 0.15) is 17.2 Å². The van der Waals surface area contributed by atoms with Gasteiger partial charge in [-0.3, -0.25) is 0 Å². The molecule has 2 aromatic carbocycles. The minimum atomic E-state index is -0.930. The van der Waals surface area contributed by atoms with E-state index in [1.54, 1.807) is 46.6 Å². The van der Waals surface area contributed by atoms with E-state index in [1.165, 1.54) is 0 Å². The Bertz CT molecular complexity index is 715. The fourth-order valence-corrected chi connectivity index (χ4v) is 2.64. The minimum absolute atomic E-state index is 0.201. The van der Waals surface area contributed by atoms with Crippen LogP contribution in [0.2, 0.25) is 0 Å². The maximum Gasteiger partial charge on any atom is 0.161 e. The van der Waals surface area contributed by atoms with Gasteiger partial charge in [0.05, 0.1) is 27.9 Å². The molecule has 0 saturated carbocycles. The fourth-order valence-electron chi connectivity index (χ4n) is 2.64. The largest absolute Gasteiger partial charge is 0.493 e. The van der Waals surface area contributed by atoms with Gasteiger partial charge in [-0.1, -0.05) is 12.1 Å². The summed E-state index contributed by atoms with van der Waals surface area (Å²) in [6, 6.07) is 10.9. The van der Waals surface area contributed by atoms with Crippen LogP contribution >= 0.6 is 0 Å². The Morgan fingerprint density at radius 3 is 2.04 bits per heavy atom. The highest BCUT2D eigenvalue weighted by Crippen LogP contribution is 2.34. The summed E-state index contributed by atoms with van der Waals surface area (Å²) in [5, 5.41) is 10.8. The molecule has 26 heavy (non-hydrogen) atoms. The lowest BCUT2D eigenvalue weighted by atomic mass is 10.0. The Labute approximate surface area is 154 Å². The van der Waals surface area contributed by atoms with E-state index in [4.69, 9.17) is 23.7 Å². The van der Waals surface area contributed by atoms with E-state index < -0.39 is 12.2 Å². The molecule has 0 amide bonds. The molecule has 2 rings (SSSR count). The number of hydrogen-bond acceptors (Lipinski definition) is 6. The van der Waals surface area contributed by atoms with Crippen LogP contribution in [0.3, 0.4) is 0 Å². The van der Waals surface area contributed by atoms with Crippen LogP contribution in [-0.2, 0) is 4.74 Å². The number of hydrogen-bond donors (Lipinski definition) is 1. The normalized spacial score (nSPS) is 13.0. The van der Waals surface area contributed by atoms with Crippen LogP contribution in [0.25, 0.3) is 0 Å². The lowest BCUT2D eigenvalue weighted by Crippen LogP contribution is -2.30. The van der Waals surface area contributed by atoms with E-state index in [0.717, 1.165) is 5.56 Å². The molecule has 6 heteroatoms. The van der Waals surface area contributed by atoms with E-state index in [0.29, 0.717) is 28.6 Å². The Morgan fingerprint density at radius 2 is 1.42 bits per heavy atom. The summed E-state index contributed by atoms with van der Waals surface area (Å²) in [6.07, 6.45) is -1.56. The SMILES string of the molecule is COC[C@@H](Oc1ccc(C)cc1OC)C(O)c1ccc(OC)c(OC)c1. The Balaban J connectivity index is 2.29. The van der Waals surface area contributed by atoms with Crippen molar-refractivity contribution >= 4 is 0 Å². The molecule has 142 valence electrons. The van der Waals surface area contributed by atoms with Crippen LogP contribution in [0.4, 0.5) is 0 Å². The van der Waals surface area contributed by atoms with Gasteiger partial charge in [-0.2, -0.15) is 0 Å². The third-order valence-corrected chi connectivity index (χ3v) is 4.03. The van der Waals surface area contributed by atoms with E-state index >= 15 is 0 Å². The smallest absolute Gasteiger partial charge is 0.161 e. The van der Waals surface area contributed by atoms with E-state index in [9.17, 15) is 5.11 Å². The number of aryl methyl sites for hydroxylation is 1. The summed E-state index contributed by atoms with van der Waals surface area (Å²) in [6.45, 7) is 2.17. The Hall–Kier alpha value is -2.44. The third-order valence-electron chi connectivity index (χ3n) is 4.03. The zero-order valence-corrected chi connectivity index (χ0v) is 15.8. The van der Waals surface area contributed by atoms with Crippen molar-refractivity contribution in [2.45, 2.75) is 19.1 Å². The van der Waals surface area contributed by atoms with Crippen LogP contribution in [0, 0.1) is 6.92 Å². The second-order valence-electron chi connectivity index (χ2n) is 5.83. The molecule has 0 aliphatic rings. The van der Waals surface area contributed by atoms with Crippen LogP contribution < -0.4 is 18.9 Å². The van der Waals surface area contributed by atoms with Gasteiger partial charge in [-0.05, 0) is 42.3 Å². The Morgan fingerprint density at radius 1 is 0.808 bits per heavy atom. The van der Waals surface area contributed by atoms with E-state index in [-0.39, 0.29) is 6.61 Å². The molecule has 0 aliphatic carbocycles. The summed E-state index contributed by atoms with van der Waals surface area (Å²) >= 11 is 0. The molecular weight excluding hydrogens is 336 g/mol. The standard InChI is InChI=1S/C20H26O6/c1-13-6-8-16(17(10-13)24-4)26-19(12-22-2)20(21)14-7-9-15(23-3)18(11-14)25-5/h6-11,19-21H,12H2,1-5H3/t19-,20?/m1/s1. The first kappa shape index (κ1) is 19.9. The summed E-state index contributed by atoms with van der Waals surface area (Å²) in [5.41, 5.74) is 1.69. The van der Waals surface area contributed by atoms with Crippen LogP contribution in [0.5, 0.6) is 23.0 Å². The molecule has 1 unspecified atom stereocenters. The van der Waals surface area contributed by atoms with Crippen LogP contribution in [-0.4, -0.2) is 46.3 Å². The van der Waals surface area contributed by atoms with Gasteiger partial charge in [0.15, 0.2) is 29.1 Å². The van der Waals surface area contributed by atoms with Crippen molar-refractivity contribution in [1.29, 1.82) is 0 Å². The quantitative estimate of drug-likeness (QED) is 0.739. The van der Waals surface area contributed by atoms with Crippen molar-refractivity contribution in [3.05, 3.63) is 47.5 Å². The lowest BCUT2D eigenvalue weighted by Gasteiger charge is -2.25. The number of benzene rings is 2. The van der Waals surface area contributed by atoms with Gasteiger partial charge in [0.2, 0.25) is 0 Å². The zero-order valence-electron chi connectivity index (χ0n) is 15.8. The second kappa shape index (κ2) is 9.31.